The number of hydrazone groups is 1. The highest BCUT2D eigenvalue weighted by Crippen LogP contribution is 2.36. The van der Waals surface area contributed by atoms with Gasteiger partial charge in [0.05, 0.1) is 23.3 Å². The first-order valence-electron chi connectivity index (χ1n) is 10.0. The molecule has 9 nitrogen and oxygen atoms in total. The number of non-ortho nitro benzene ring substituents is 1. The Morgan fingerprint density at radius 3 is 2.71 bits per heavy atom. The lowest BCUT2D eigenvalue weighted by Crippen LogP contribution is -2.16. The van der Waals surface area contributed by atoms with E-state index in [2.05, 4.69) is 10.5 Å². The Kier molecular flexibility index (Phi) is 6.74. The van der Waals surface area contributed by atoms with Crippen molar-refractivity contribution in [1.29, 1.82) is 0 Å². The van der Waals surface area contributed by atoms with E-state index in [0.717, 1.165) is 5.56 Å². The molecule has 3 aromatic carbocycles. The number of carbonyl (C=O) groups excluding carboxylic acids is 1. The molecule has 1 N–H and O–H groups in total. The maximum absolute atomic E-state index is 12.4. The number of nitrogens with one attached hydrogen (secondary N) is 1. The van der Waals surface area contributed by atoms with E-state index in [1.807, 2.05) is 30.3 Å². The third kappa shape index (κ3) is 5.16. The number of rotatable bonds is 8. The molecule has 0 aliphatic carbocycles. The molecule has 0 unspecified atom stereocenters. The number of carbonyl (C=O) groups is 1. The van der Waals surface area contributed by atoms with E-state index in [9.17, 15) is 14.9 Å². The minimum Gasteiger partial charge on any atom is -0.493 e. The van der Waals surface area contributed by atoms with Crippen LogP contribution in [0.1, 0.15) is 21.7 Å². The number of methoxy groups -OCH3 is 1. The number of hydrogen-bond donors (Lipinski definition) is 1. The summed E-state index contributed by atoms with van der Waals surface area (Å²) in [6.45, 7) is 0.321. The van der Waals surface area contributed by atoms with Crippen LogP contribution in [0.15, 0.2) is 76.2 Å². The van der Waals surface area contributed by atoms with Crippen molar-refractivity contribution in [3.8, 4) is 11.5 Å². The molecule has 34 heavy (non-hydrogen) atoms. The Bertz CT molecular complexity index is 1380. The van der Waals surface area contributed by atoms with Crippen molar-refractivity contribution < 1.29 is 23.6 Å². The fourth-order valence-electron chi connectivity index (χ4n) is 3.16. The smallest absolute Gasteiger partial charge is 0.307 e. The molecule has 0 radical (unpaired) electrons. The van der Waals surface area contributed by atoms with E-state index in [1.165, 1.54) is 37.6 Å². The first kappa shape index (κ1) is 22.8. The van der Waals surface area contributed by atoms with Crippen LogP contribution in [0.25, 0.3) is 11.0 Å². The lowest BCUT2D eigenvalue weighted by Gasteiger charge is -2.13. The Hall–Kier alpha value is -4.37. The van der Waals surface area contributed by atoms with Gasteiger partial charge in [0, 0.05) is 17.5 Å². The topological polar surface area (TPSA) is 116 Å². The average Bonchev–Trinajstić information content (AvgIpc) is 3.27. The molecule has 0 spiro atoms. The fourth-order valence-corrected chi connectivity index (χ4v) is 3.43. The van der Waals surface area contributed by atoms with Crippen molar-refractivity contribution in [3.63, 3.8) is 0 Å². The molecule has 0 bridgehead atoms. The van der Waals surface area contributed by atoms with E-state index in [0.29, 0.717) is 39.7 Å². The summed E-state index contributed by atoms with van der Waals surface area (Å²) in [6, 6.07) is 18.4. The predicted molar refractivity (Wildman–Crippen MR) is 127 cm³/mol. The number of ether oxygens (including phenoxy) is 2. The molecule has 0 aliphatic heterocycles. The van der Waals surface area contributed by atoms with Crippen molar-refractivity contribution in [1.82, 2.24) is 5.43 Å². The average molecular weight is 480 g/mol. The van der Waals surface area contributed by atoms with Crippen LogP contribution in [-0.4, -0.2) is 24.2 Å². The van der Waals surface area contributed by atoms with Gasteiger partial charge >= 0.3 is 5.91 Å². The third-order valence-electron chi connectivity index (χ3n) is 4.79. The van der Waals surface area contributed by atoms with Gasteiger partial charge in [-0.3, -0.25) is 14.9 Å². The van der Waals surface area contributed by atoms with Gasteiger partial charge in [0.25, 0.3) is 5.69 Å². The minimum atomic E-state index is -0.615. The van der Waals surface area contributed by atoms with Gasteiger partial charge in [-0.1, -0.05) is 41.9 Å². The third-order valence-corrected chi connectivity index (χ3v) is 5.07. The summed E-state index contributed by atoms with van der Waals surface area (Å²) in [5.41, 5.74) is 4.15. The molecular weight excluding hydrogens is 462 g/mol. The maximum Gasteiger partial charge on any atom is 0.307 e. The van der Waals surface area contributed by atoms with Crippen LogP contribution in [0.3, 0.4) is 0 Å². The zero-order valence-corrected chi connectivity index (χ0v) is 18.6. The lowest BCUT2D eigenvalue weighted by molar-refractivity contribution is -0.384. The summed E-state index contributed by atoms with van der Waals surface area (Å²) in [5, 5.41) is 15.6. The van der Waals surface area contributed by atoms with Crippen LogP contribution >= 0.6 is 11.6 Å². The van der Waals surface area contributed by atoms with E-state index < -0.39 is 10.8 Å². The van der Waals surface area contributed by atoms with Gasteiger partial charge in [0.2, 0.25) is 0 Å². The summed E-state index contributed by atoms with van der Waals surface area (Å²) in [5.74, 6) is 0.157. The number of fused-ring (bicyclic) bond motifs is 1. The highest BCUT2D eigenvalue weighted by molar-refractivity contribution is 6.32. The van der Waals surface area contributed by atoms with Gasteiger partial charge < -0.3 is 13.9 Å². The van der Waals surface area contributed by atoms with Gasteiger partial charge in [-0.05, 0) is 35.4 Å². The molecule has 1 heterocycles. The number of benzene rings is 3. The van der Waals surface area contributed by atoms with Crippen LogP contribution in [0.2, 0.25) is 5.02 Å². The lowest BCUT2D eigenvalue weighted by atomic mass is 10.2. The molecule has 0 saturated heterocycles. The van der Waals surface area contributed by atoms with Crippen molar-refractivity contribution in [2.24, 2.45) is 5.10 Å². The van der Waals surface area contributed by atoms with Gasteiger partial charge in [-0.15, -0.1) is 0 Å². The number of amides is 1. The molecule has 4 rings (SSSR count). The highest BCUT2D eigenvalue weighted by Gasteiger charge is 2.15. The number of halogens is 1. The number of nitrogens with zero attached hydrogens (tertiary/aromatic N) is 2. The zero-order chi connectivity index (χ0) is 24.1. The molecule has 4 aromatic rings. The van der Waals surface area contributed by atoms with Gasteiger partial charge in [-0.25, -0.2) is 5.43 Å². The van der Waals surface area contributed by atoms with Crippen molar-refractivity contribution in [2.45, 2.75) is 6.61 Å². The van der Waals surface area contributed by atoms with Gasteiger partial charge in [-0.2, -0.15) is 5.10 Å². The monoisotopic (exact) mass is 479 g/mol. The minimum absolute atomic E-state index is 0.0343. The van der Waals surface area contributed by atoms with E-state index in [-0.39, 0.29) is 11.4 Å². The predicted octanol–water partition coefficient (Wildman–Crippen LogP) is 5.35. The van der Waals surface area contributed by atoms with E-state index in [4.69, 9.17) is 25.5 Å². The standard InChI is InChI=1S/C24H18ClN3O6/c1-32-21-10-16(9-19(25)23(21)33-14-15-5-3-2-4-6-15)13-26-27-24(29)22-12-17-11-18(28(30)31)7-8-20(17)34-22/h2-13H,14H2,1H3,(H,27,29)/b26-13-. The molecular formula is C24H18ClN3O6. The van der Waals surface area contributed by atoms with Crippen LogP contribution in [-0.2, 0) is 6.61 Å². The van der Waals surface area contributed by atoms with Crippen molar-refractivity contribution >= 4 is 40.4 Å². The maximum atomic E-state index is 12.4. The molecule has 172 valence electrons. The Balaban J connectivity index is 1.44. The van der Waals surface area contributed by atoms with Crippen LogP contribution in [0.4, 0.5) is 5.69 Å². The fraction of sp³-hybridized carbons (Fsp3) is 0.0833. The molecule has 0 aliphatic rings. The summed E-state index contributed by atoms with van der Waals surface area (Å²) in [6.07, 6.45) is 1.39. The molecule has 1 aromatic heterocycles. The number of nitro benzene ring substituents is 1. The van der Waals surface area contributed by atoms with E-state index in [1.54, 1.807) is 12.1 Å². The van der Waals surface area contributed by atoms with Crippen molar-refractivity contribution in [3.05, 3.63) is 98.8 Å². The molecule has 0 fully saturated rings. The van der Waals surface area contributed by atoms with Crippen LogP contribution in [0, 0.1) is 10.1 Å². The largest absolute Gasteiger partial charge is 0.493 e. The first-order chi connectivity index (χ1) is 16.4. The van der Waals surface area contributed by atoms with Gasteiger partial charge in [0.1, 0.15) is 12.2 Å². The Morgan fingerprint density at radius 1 is 1.18 bits per heavy atom. The summed E-state index contributed by atoms with van der Waals surface area (Å²) in [4.78, 5) is 22.7. The summed E-state index contributed by atoms with van der Waals surface area (Å²) >= 11 is 6.38. The first-order valence-corrected chi connectivity index (χ1v) is 10.4. The zero-order valence-electron chi connectivity index (χ0n) is 17.9. The van der Waals surface area contributed by atoms with Crippen molar-refractivity contribution in [2.75, 3.05) is 7.11 Å². The molecule has 10 heteroatoms. The van der Waals surface area contributed by atoms with Crippen LogP contribution in [0.5, 0.6) is 11.5 Å². The number of hydrogen-bond acceptors (Lipinski definition) is 7. The second-order valence-corrected chi connectivity index (χ2v) is 7.50. The molecule has 1 amide bonds. The normalized spacial score (nSPS) is 11.0. The SMILES string of the molecule is COc1cc(/C=N\NC(=O)c2cc3cc([N+](=O)[O-])ccc3o2)cc(Cl)c1OCc1ccccc1. The number of furan rings is 1. The summed E-state index contributed by atoms with van der Waals surface area (Å²) < 4.78 is 16.7. The Morgan fingerprint density at radius 2 is 1.97 bits per heavy atom. The molecule has 0 atom stereocenters. The number of nitro groups is 1. The quantitative estimate of drug-likeness (QED) is 0.207. The molecule has 0 saturated carbocycles. The Labute approximate surface area is 198 Å². The van der Waals surface area contributed by atoms with Gasteiger partial charge in [0.15, 0.2) is 17.3 Å². The van der Waals surface area contributed by atoms with E-state index >= 15 is 0 Å². The highest BCUT2D eigenvalue weighted by atomic mass is 35.5. The van der Waals surface area contributed by atoms with Crippen LogP contribution < -0.4 is 14.9 Å². The summed E-state index contributed by atoms with van der Waals surface area (Å²) in [7, 11) is 1.50. The second-order valence-electron chi connectivity index (χ2n) is 7.10. The second kappa shape index (κ2) is 10.1.